The molecule has 0 heterocycles. The predicted octanol–water partition coefficient (Wildman–Crippen LogP) is 0.389. The summed E-state index contributed by atoms with van der Waals surface area (Å²) in [4.78, 5) is 11.4. The molecule has 1 amide bonds. The summed E-state index contributed by atoms with van der Waals surface area (Å²) in [6.45, 7) is 4.56. The second-order valence-corrected chi connectivity index (χ2v) is 5.26. The Hall–Kier alpha value is -0.420. The van der Waals surface area contributed by atoms with Crippen LogP contribution in [0.2, 0.25) is 0 Å². The zero-order chi connectivity index (χ0) is 11.7. The molecule has 2 atom stereocenters. The molecule has 15 heavy (non-hydrogen) atoms. The summed E-state index contributed by atoms with van der Waals surface area (Å²) in [5, 5.41) is 2.82. The van der Waals surface area contributed by atoms with E-state index < -0.39 is 10.8 Å². The lowest BCUT2D eigenvalue weighted by molar-refractivity contribution is -0.119. The van der Waals surface area contributed by atoms with Gasteiger partial charge in [-0.1, -0.05) is 13.3 Å². The van der Waals surface area contributed by atoms with Gasteiger partial charge < -0.3 is 11.1 Å². The fourth-order valence-corrected chi connectivity index (χ4v) is 2.29. The third-order valence-corrected chi connectivity index (χ3v) is 3.33. The molecule has 0 saturated carbocycles. The number of hydrogen-bond donors (Lipinski definition) is 2. The summed E-state index contributed by atoms with van der Waals surface area (Å²) in [5.41, 5.74) is 5.29. The van der Waals surface area contributed by atoms with E-state index in [1.54, 1.807) is 0 Å². The molecular weight excluding hydrogens is 212 g/mol. The second kappa shape index (κ2) is 8.85. The molecule has 0 radical (unpaired) electrons. The molecule has 0 aromatic rings. The Balaban J connectivity index is 3.68. The minimum atomic E-state index is -1.06. The molecule has 3 N–H and O–H groups in total. The summed E-state index contributed by atoms with van der Waals surface area (Å²) >= 11 is 0. The van der Waals surface area contributed by atoms with E-state index in [0.29, 0.717) is 18.7 Å². The van der Waals surface area contributed by atoms with E-state index in [0.717, 1.165) is 12.8 Å². The van der Waals surface area contributed by atoms with Gasteiger partial charge in [0, 0.05) is 22.6 Å². The van der Waals surface area contributed by atoms with Crippen LogP contribution in [0.1, 0.15) is 33.1 Å². The van der Waals surface area contributed by atoms with Gasteiger partial charge in [0.15, 0.2) is 0 Å². The van der Waals surface area contributed by atoms with Gasteiger partial charge in [-0.2, -0.15) is 0 Å². The number of rotatable bonds is 8. The fourth-order valence-electron chi connectivity index (χ4n) is 1.28. The Morgan fingerprint density at radius 3 is 2.73 bits per heavy atom. The zero-order valence-corrected chi connectivity index (χ0v) is 10.4. The summed E-state index contributed by atoms with van der Waals surface area (Å²) in [6, 6.07) is 0.175. The van der Waals surface area contributed by atoms with Crippen LogP contribution in [0.5, 0.6) is 0 Å². The first-order valence-electron chi connectivity index (χ1n) is 5.44. The minimum Gasteiger partial charge on any atom is -0.353 e. The molecule has 90 valence electrons. The highest BCUT2D eigenvalue weighted by atomic mass is 32.2. The van der Waals surface area contributed by atoms with Crippen LogP contribution in [0.4, 0.5) is 0 Å². The zero-order valence-electron chi connectivity index (χ0n) is 9.62. The first-order valence-corrected chi connectivity index (χ1v) is 6.93. The maximum Gasteiger partial charge on any atom is 0.232 e. The average Bonchev–Trinajstić information content (AvgIpc) is 2.14. The number of nitrogens with one attached hydrogen (secondary N) is 1. The van der Waals surface area contributed by atoms with Crippen molar-refractivity contribution < 1.29 is 9.00 Å². The predicted molar refractivity (Wildman–Crippen MR) is 64.1 cm³/mol. The third kappa shape index (κ3) is 8.57. The van der Waals surface area contributed by atoms with Gasteiger partial charge in [-0.25, -0.2) is 0 Å². The quantitative estimate of drug-likeness (QED) is 0.638. The Bertz CT molecular complexity index is 210. The lowest BCUT2D eigenvalue weighted by Gasteiger charge is -2.12. The SMILES string of the molecule is CCCC(C)NC(=O)CS(=O)CCCN. The van der Waals surface area contributed by atoms with Gasteiger partial charge in [0.1, 0.15) is 5.75 Å². The van der Waals surface area contributed by atoms with Gasteiger partial charge in [0.25, 0.3) is 0 Å². The molecule has 2 unspecified atom stereocenters. The van der Waals surface area contributed by atoms with E-state index >= 15 is 0 Å². The molecule has 0 saturated heterocycles. The molecule has 0 aliphatic heterocycles. The van der Waals surface area contributed by atoms with Gasteiger partial charge in [0.2, 0.25) is 5.91 Å². The van der Waals surface area contributed by atoms with Crippen molar-refractivity contribution in [2.24, 2.45) is 5.73 Å². The monoisotopic (exact) mass is 234 g/mol. The largest absolute Gasteiger partial charge is 0.353 e. The normalized spacial score (nSPS) is 14.6. The van der Waals surface area contributed by atoms with Crippen LogP contribution in [0.3, 0.4) is 0 Å². The lowest BCUT2D eigenvalue weighted by atomic mass is 10.2. The molecule has 4 nitrogen and oxygen atoms in total. The third-order valence-electron chi connectivity index (χ3n) is 2.00. The van der Waals surface area contributed by atoms with E-state index in [4.69, 9.17) is 5.73 Å². The Labute approximate surface area is 94.4 Å². The minimum absolute atomic E-state index is 0.105. The molecule has 0 aromatic carbocycles. The van der Waals surface area contributed by atoms with Crippen molar-refractivity contribution in [1.29, 1.82) is 0 Å². The summed E-state index contributed by atoms with van der Waals surface area (Å²) in [6.07, 6.45) is 2.71. The molecule has 0 aliphatic carbocycles. The summed E-state index contributed by atoms with van der Waals surface area (Å²) in [7, 11) is -1.06. The van der Waals surface area contributed by atoms with Crippen LogP contribution in [-0.4, -0.2) is 34.2 Å². The Kier molecular flexibility index (Phi) is 8.61. The van der Waals surface area contributed by atoms with Crippen LogP contribution in [0, 0.1) is 0 Å². The maximum atomic E-state index is 11.4. The highest BCUT2D eigenvalue weighted by Crippen LogP contribution is 1.95. The standard InChI is InChI=1S/C10H22N2O2S/c1-3-5-9(2)12-10(13)8-15(14)7-4-6-11/h9H,3-8,11H2,1-2H3,(H,12,13). The first kappa shape index (κ1) is 14.6. The number of carbonyl (C=O) groups excluding carboxylic acids is 1. The van der Waals surface area contributed by atoms with Gasteiger partial charge >= 0.3 is 0 Å². The van der Waals surface area contributed by atoms with Crippen molar-refractivity contribution in [2.75, 3.05) is 18.1 Å². The lowest BCUT2D eigenvalue weighted by Crippen LogP contribution is -2.36. The van der Waals surface area contributed by atoms with Crippen molar-refractivity contribution in [3.8, 4) is 0 Å². The Morgan fingerprint density at radius 2 is 2.20 bits per heavy atom. The van der Waals surface area contributed by atoms with Gasteiger partial charge in [-0.3, -0.25) is 9.00 Å². The van der Waals surface area contributed by atoms with E-state index in [1.165, 1.54) is 0 Å². The fraction of sp³-hybridized carbons (Fsp3) is 0.900. The van der Waals surface area contributed by atoms with Crippen LogP contribution in [0.15, 0.2) is 0 Å². The van der Waals surface area contributed by atoms with Crippen LogP contribution in [0.25, 0.3) is 0 Å². The maximum absolute atomic E-state index is 11.4. The van der Waals surface area contributed by atoms with E-state index in [-0.39, 0.29) is 17.7 Å². The number of nitrogens with two attached hydrogens (primary N) is 1. The van der Waals surface area contributed by atoms with Crippen molar-refractivity contribution >= 4 is 16.7 Å². The van der Waals surface area contributed by atoms with E-state index in [9.17, 15) is 9.00 Å². The van der Waals surface area contributed by atoms with Crippen LogP contribution in [-0.2, 0) is 15.6 Å². The summed E-state index contributed by atoms with van der Waals surface area (Å²) < 4.78 is 11.3. The molecule has 0 spiro atoms. The van der Waals surface area contributed by atoms with Gasteiger partial charge in [-0.05, 0) is 26.3 Å². The van der Waals surface area contributed by atoms with Crippen LogP contribution < -0.4 is 11.1 Å². The van der Waals surface area contributed by atoms with E-state index in [1.807, 2.05) is 6.92 Å². The number of amides is 1. The second-order valence-electron chi connectivity index (χ2n) is 3.69. The molecular formula is C10H22N2O2S. The van der Waals surface area contributed by atoms with Gasteiger partial charge in [-0.15, -0.1) is 0 Å². The van der Waals surface area contributed by atoms with Crippen molar-refractivity contribution in [3.05, 3.63) is 0 Å². The molecule has 0 fully saturated rings. The molecule has 0 aromatic heterocycles. The number of carbonyl (C=O) groups is 1. The number of hydrogen-bond acceptors (Lipinski definition) is 3. The molecule has 5 heteroatoms. The Morgan fingerprint density at radius 1 is 1.53 bits per heavy atom. The smallest absolute Gasteiger partial charge is 0.232 e. The first-order chi connectivity index (χ1) is 7.10. The summed E-state index contributed by atoms with van der Waals surface area (Å²) in [5.74, 6) is 0.506. The van der Waals surface area contributed by atoms with Crippen LogP contribution >= 0.6 is 0 Å². The van der Waals surface area contributed by atoms with E-state index in [2.05, 4.69) is 12.2 Å². The topological polar surface area (TPSA) is 72.2 Å². The highest BCUT2D eigenvalue weighted by molar-refractivity contribution is 7.85. The molecule has 0 rings (SSSR count). The van der Waals surface area contributed by atoms with Crippen molar-refractivity contribution in [1.82, 2.24) is 5.32 Å². The van der Waals surface area contributed by atoms with Crippen molar-refractivity contribution in [3.63, 3.8) is 0 Å². The molecule has 0 aliphatic rings. The van der Waals surface area contributed by atoms with Crippen molar-refractivity contribution in [2.45, 2.75) is 39.2 Å². The average molecular weight is 234 g/mol. The highest BCUT2D eigenvalue weighted by Gasteiger charge is 2.09. The molecule has 0 bridgehead atoms. The van der Waals surface area contributed by atoms with Gasteiger partial charge in [0.05, 0.1) is 0 Å².